The van der Waals surface area contributed by atoms with Gasteiger partial charge in [-0.25, -0.2) is 4.79 Å². The summed E-state index contributed by atoms with van der Waals surface area (Å²) >= 11 is 0. The zero-order valence-corrected chi connectivity index (χ0v) is 17.9. The summed E-state index contributed by atoms with van der Waals surface area (Å²) < 4.78 is 4.99. The van der Waals surface area contributed by atoms with Crippen LogP contribution in [-0.4, -0.2) is 32.2 Å². The summed E-state index contributed by atoms with van der Waals surface area (Å²) in [6.45, 7) is 10.0. The molecule has 1 N–H and O–H groups in total. The Kier molecular flexibility index (Phi) is 6.12. The minimum atomic E-state index is -0.293. The van der Waals surface area contributed by atoms with Gasteiger partial charge in [-0.3, -0.25) is 0 Å². The molecule has 5 nitrogen and oxygen atoms in total. The zero-order valence-electron chi connectivity index (χ0n) is 17.9. The molecule has 29 heavy (non-hydrogen) atoms. The van der Waals surface area contributed by atoms with Crippen molar-refractivity contribution in [2.75, 3.05) is 30.4 Å². The molecule has 1 aliphatic heterocycles. The Hall–Kier alpha value is -3.00. The van der Waals surface area contributed by atoms with Gasteiger partial charge in [0.25, 0.3) is 0 Å². The van der Waals surface area contributed by atoms with E-state index in [0.717, 1.165) is 53.1 Å². The third kappa shape index (κ3) is 4.07. The number of benzene rings is 2. The van der Waals surface area contributed by atoms with E-state index in [4.69, 9.17) is 4.74 Å². The number of hydrogen-bond donors (Lipinski definition) is 1. The van der Waals surface area contributed by atoms with Crippen molar-refractivity contribution >= 4 is 17.3 Å². The van der Waals surface area contributed by atoms with Gasteiger partial charge in [0.1, 0.15) is 6.07 Å². The summed E-state index contributed by atoms with van der Waals surface area (Å²) in [4.78, 5) is 14.6. The molecule has 0 aromatic heterocycles. The van der Waals surface area contributed by atoms with Crippen LogP contribution >= 0.6 is 0 Å². The number of rotatable bonds is 4. The third-order valence-electron chi connectivity index (χ3n) is 5.96. The van der Waals surface area contributed by atoms with Crippen molar-refractivity contribution in [1.82, 2.24) is 0 Å². The van der Waals surface area contributed by atoms with Gasteiger partial charge in [-0.2, -0.15) is 5.26 Å². The summed E-state index contributed by atoms with van der Waals surface area (Å²) in [5, 5.41) is 13.1. The fourth-order valence-corrected chi connectivity index (χ4v) is 4.43. The second-order valence-electron chi connectivity index (χ2n) is 7.97. The van der Waals surface area contributed by atoms with Gasteiger partial charge in [0.2, 0.25) is 0 Å². The topological polar surface area (TPSA) is 65.4 Å². The molecule has 0 saturated carbocycles. The lowest BCUT2D eigenvalue weighted by molar-refractivity contribution is 0.0599. The molecule has 0 unspecified atom stereocenters. The zero-order chi connectivity index (χ0) is 21.1. The predicted molar refractivity (Wildman–Crippen MR) is 117 cm³/mol. The molecule has 0 bridgehead atoms. The molecule has 1 aliphatic rings. The molecule has 3 rings (SSSR count). The molecular weight excluding hydrogens is 362 g/mol. The average molecular weight is 392 g/mol. The molecule has 2 aromatic carbocycles. The van der Waals surface area contributed by atoms with Gasteiger partial charge < -0.3 is 15.0 Å². The minimum Gasteiger partial charge on any atom is -0.465 e. The molecule has 1 saturated heterocycles. The van der Waals surface area contributed by atoms with E-state index in [2.05, 4.69) is 30.1 Å². The van der Waals surface area contributed by atoms with Crippen LogP contribution in [-0.2, 0) is 4.74 Å². The molecule has 1 heterocycles. The minimum absolute atomic E-state index is 0.293. The van der Waals surface area contributed by atoms with E-state index < -0.39 is 0 Å². The number of nitrogens with one attached hydrogen (secondary N) is 1. The van der Waals surface area contributed by atoms with E-state index in [-0.39, 0.29) is 5.97 Å². The van der Waals surface area contributed by atoms with Gasteiger partial charge in [0, 0.05) is 24.8 Å². The van der Waals surface area contributed by atoms with Crippen LogP contribution in [0.2, 0.25) is 0 Å². The van der Waals surface area contributed by atoms with Crippen molar-refractivity contribution in [3.05, 3.63) is 58.1 Å². The van der Waals surface area contributed by atoms with Crippen molar-refractivity contribution in [2.24, 2.45) is 5.92 Å². The Balaban J connectivity index is 1.81. The van der Waals surface area contributed by atoms with Crippen molar-refractivity contribution in [3.8, 4) is 6.07 Å². The van der Waals surface area contributed by atoms with E-state index in [1.807, 2.05) is 44.2 Å². The number of nitriles is 1. The van der Waals surface area contributed by atoms with Crippen LogP contribution in [0.5, 0.6) is 0 Å². The lowest BCUT2D eigenvalue weighted by Crippen LogP contribution is -2.45. The van der Waals surface area contributed by atoms with E-state index in [1.54, 1.807) is 0 Å². The standard InChI is InChI=1S/C24H29N3O2/c1-15-12-16(2)23(18(4)22(15)24(28)29-5)26-20-10-11-27(14-17(20)3)21-9-7-6-8-19(21)13-25/h6-9,12,17,20,26H,10-11,14H2,1-5H3/t17-,20-/m0/s1. The number of anilines is 2. The number of carbonyl (C=O) groups excluding carboxylic acids is 1. The molecule has 2 aromatic rings. The number of carbonyl (C=O) groups is 1. The van der Waals surface area contributed by atoms with E-state index in [1.165, 1.54) is 7.11 Å². The van der Waals surface area contributed by atoms with Crippen LogP contribution in [0.15, 0.2) is 30.3 Å². The summed E-state index contributed by atoms with van der Waals surface area (Å²) in [5.74, 6) is 0.0937. The second kappa shape index (κ2) is 8.57. The van der Waals surface area contributed by atoms with Gasteiger partial charge in [0.15, 0.2) is 0 Å². The molecule has 0 radical (unpaired) electrons. The molecule has 152 valence electrons. The Labute approximate surface area is 173 Å². The summed E-state index contributed by atoms with van der Waals surface area (Å²) in [6.07, 6.45) is 0.960. The van der Waals surface area contributed by atoms with Crippen LogP contribution < -0.4 is 10.2 Å². The Morgan fingerprint density at radius 3 is 2.62 bits per heavy atom. The summed E-state index contributed by atoms with van der Waals surface area (Å²) in [5.41, 5.74) is 6.42. The average Bonchev–Trinajstić information content (AvgIpc) is 2.71. The van der Waals surface area contributed by atoms with Gasteiger partial charge in [0.05, 0.1) is 23.9 Å². The fraction of sp³-hybridized carbons (Fsp3) is 0.417. The van der Waals surface area contributed by atoms with E-state index in [9.17, 15) is 10.1 Å². The lowest BCUT2D eigenvalue weighted by Gasteiger charge is -2.40. The maximum absolute atomic E-state index is 12.3. The number of methoxy groups -OCH3 is 1. The van der Waals surface area contributed by atoms with Crippen LogP contribution in [0, 0.1) is 38.0 Å². The molecule has 1 fully saturated rings. The van der Waals surface area contributed by atoms with Crippen LogP contribution in [0.3, 0.4) is 0 Å². The summed E-state index contributed by atoms with van der Waals surface area (Å²) in [6, 6.07) is 12.4. The van der Waals surface area contributed by atoms with E-state index >= 15 is 0 Å². The Morgan fingerprint density at radius 1 is 1.24 bits per heavy atom. The second-order valence-corrected chi connectivity index (χ2v) is 7.97. The first-order chi connectivity index (χ1) is 13.9. The van der Waals surface area contributed by atoms with Gasteiger partial charge >= 0.3 is 5.97 Å². The summed E-state index contributed by atoms with van der Waals surface area (Å²) in [7, 11) is 1.42. The highest BCUT2D eigenvalue weighted by Gasteiger charge is 2.28. The Morgan fingerprint density at radius 2 is 1.97 bits per heavy atom. The van der Waals surface area contributed by atoms with Gasteiger partial charge in [-0.15, -0.1) is 0 Å². The number of ether oxygens (including phenoxy) is 1. The molecule has 5 heteroatoms. The lowest BCUT2D eigenvalue weighted by atomic mass is 9.91. The highest BCUT2D eigenvalue weighted by Crippen LogP contribution is 2.32. The fourth-order valence-electron chi connectivity index (χ4n) is 4.43. The first kappa shape index (κ1) is 20.7. The molecular formula is C24H29N3O2. The predicted octanol–water partition coefficient (Wildman–Crippen LogP) is 4.60. The SMILES string of the molecule is COC(=O)c1c(C)cc(C)c(N[C@H]2CCN(c3ccccc3C#N)C[C@@H]2C)c1C. The number of piperidine rings is 1. The maximum atomic E-state index is 12.3. The normalized spacial score (nSPS) is 18.8. The van der Waals surface area contributed by atoms with Crippen LogP contribution in [0.1, 0.15) is 46.0 Å². The van der Waals surface area contributed by atoms with Gasteiger partial charge in [-0.05, 0) is 61.9 Å². The highest BCUT2D eigenvalue weighted by molar-refractivity contribution is 5.94. The quantitative estimate of drug-likeness (QED) is 0.772. The first-order valence-corrected chi connectivity index (χ1v) is 10.1. The molecule has 0 spiro atoms. The number of esters is 1. The molecule has 0 aliphatic carbocycles. The number of nitrogens with zero attached hydrogens (tertiary/aromatic N) is 2. The van der Waals surface area contributed by atoms with Crippen molar-refractivity contribution in [3.63, 3.8) is 0 Å². The van der Waals surface area contributed by atoms with E-state index in [0.29, 0.717) is 17.5 Å². The number of para-hydroxylation sites is 1. The van der Waals surface area contributed by atoms with Crippen molar-refractivity contribution < 1.29 is 9.53 Å². The largest absolute Gasteiger partial charge is 0.465 e. The van der Waals surface area contributed by atoms with Crippen LogP contribution in [0.4, 0.5) is 11.4 Å². The molecule has 0 amide bonds. The first-order valence-electron chi connectivity index (χ1n) is 10.1. The van der Waals surface area contributed by atoms with Crippen molar-refractivity contribution in [2.45, 2.75) is 40.2 Å². The molecule has 2 atom stereocenters. The number of aryl methyl sites for hydroxylation is 2. The number of hydrogen-bond acceptors (Lipinski definition) is 5. The highest BCUT2D eigenvalue weighted by atomic mass is 16.5. The third-order valence-corrected chi connectivity index (χ3v) is 5.96. The van der Waals surface area contributed by atoms with Crippen LogP contribution in [0.25, 0.3) is 0 Å². The maximum Gasteiger partial charge on any atom is 0.338 e. The monoisotopic (exact) mass is 391 g/mol. The van der Waals surface area contributed by atoms with Crippen molar-refractivity contribution in [1.29, 1.82) is 5.26 Å². The van der Waals surface area contributed by atoms with Gasteiger partial charge in [-0.1, -0.05) is 25.1 Å². The smallest absolute Gasteiger partial charge is 0.338 e. The Bertz CT molecular complexity index is 961.